The fraction of sp³-hybridized carbons (Fsp3) is 0.222. The molecule has 1 fully saturated rings. The Hall–Kier alpha value is -2.76. The lowest BCUT2D eigenvalue weighted by Crippen LogP contribution is -2.36. The Labute approximate surface area is 138 Å². The molecule has 0 spiro atoms. The van der Waals surface area contributed by atoms with Crippen LogP contribution in [0.3, 0.4) is 0 Å². The van der Waals surface area contributed by atoms with E-state index in [2.05, 4.69) is 5.32 Å². The number of nitrogens with one attached hydrogen (secondary N) is 1. The Bertz CT molecular complexity index is 765. The Morgan fingerprint density at radius 3 is 2.50 bits per heavy atom. The standard InChI is InChI=1S/C18H16F2N2O2/c19-14-7-6-13(10-15(14)20)21-16-11-17(23)22(18(16)24)9-8-12-4-2-1-3-5-12/h1-7,10,16,21H,8-9,11H2/t16-/m1/s1. The van der Waals surface area contributed by atoms with Gasteiger partial charge in [0, 0.05) is 18.3 Å². The number of carbonyl (C=O) groups excluding carboxylic acids is 2. The minimum Gasteiger partial charge on any atom is -0.373 e. The molecule has 2 aromatic carbocycles. The van der Waals surface area contributed by atoms with Gasteiger partial charge < -0.3 is 5.32 Å². The summed E-state index contributed by atoms with van der Waals surface area (Å²) in [5.74, 6) is -2.58. The molecule has 24 heavy (non-hydrogen) atoms. The van der Waals surface area contributed by atoms with Crippen LogP contribution in [0.5, 0.6) is 0 Å². The van der Waals surface area contributed by atoms with Crippen molar-refractivity contribution in [2.75, 3.05) is 11.9 Å². The highest BCUT2D eigenvalue weighted by Crippen LogP contribution is 2.20. The predicted octanol–water partition coefficient (Wildman–Crippen LogP) is 2.75. The fourth-order valence-electron chi connectivity index (χ4n) is 2.70. The van der Waals surface area contributed by atoms with Crippen LogP contribution in [0, 0.1) is 11.6 Å². The van der Waals surface area contributed by atoms with Gasteiger partial charge in [0.1, 0.15) is 6.04 Å². The van der Waals surface area contributed by atoms with Crippen molar-refractivity contribution in [2.45, 2.75) is 18.9 Å². The molecule has 0 aliphatic carbocycles. The summed E-state index contributed by atoms with van der Waals surface area (Å²) in [5, 5.41) is 2.80. The molecule has 1 atom stereocenters. The predicted molar refractivity (Wildman–Crippen MR) is 85.3 cm³/mol. The van der Waals surface area contributed by atoms with Crippen LogP contribution in [-0.4, -0.2) is 29.3 Å². The third-order valence-corrected chi connectivity index (χ3v) is 3.97. The number of hydrogen-bond donors (Lipinski definition) is 1. The maximum absolute atomic E-state index is 13.2. The molecule has 0 saturated carbocycles. The zero-order valence-corrected chi connectivity index (χ0v) is 12.8. The lowest BCUT2D eigenvalue weighted by molar-refractivity contribution is -0.138. The summed E-state index contributed by atoms with van der Waals surface area (Å²) in [7, 11) is 0. The summed E-state index contributed by atoms with van der Waals surface area (Å²) in [4.78, 5) is 25.6. The van der Waals surface area contributed by atoms with Crippen molar-refractivity contribution in [3.8, 4) is 0 Å². The fourth-order valence-corrected chi connectivity index (χ4v) is 2.70. The van der Waals surface area contributed by atoms with Crippen molar-refractivity contribution in [3.63, 3.8) is 0 Å². The summed E-state index contributed by atoms with van der Waals surface area (Å²) < 4.78 is 26.2. The second-order valence-corrected chi connectivity index (χ2v) is 5.65. The second-order valence-electron chi connectivity index (χ2n) is 5.65. The van der Waals surface area contributed by atoms with Gasteiger partial charge in [-0.15, -0.1) is 0 Å². The highest BCUT2D eigenvalue weighted by atomic mass is 19.2. The molecule has 6 heteroatoms. The van der Waals surface area contributed by atoms with Gasteiger partial charge in [-0.2, -0.15) is 0 Å². The summed E-state index contributed by atoms with van der Waals surface area (Å²) in [5.41, 5.74) is 1.31. The Balaban J connectivity index is 1.64. The van der Waals surface area contributed by atoms with Crippen LogP contribution in [-0.2, 0) is 16.0 Å². The van der Waals surface area contributed by atoms with E-state index >= 15 is 0 Å². The zero-order chi connectivity index (χ0) is 17.1. The lowest BCUT2D eigenvalue weighted by atomic mass is 10.1. The molecule has 2 aromatic rings. The van der Waals surface area contributed by atoms with Gasteiger partial charge in [0.05, 0.1) is 6.42 Å². The zero-order valence-electron chi connectivity index (χ0n) is 12.8. The normalized spacial score (nSPS) is 17.4. The Kier molecular flexibility index (Phi) is 4.55. The second kappa shape index (κ2) is 6.78. The van der Waals surface area contributed by atoms with Crippen LogP contribution in [0.25, 0.3) is 0 Å². The first kappa shape index (κ1) is 16.1. The SMILES string of the molecule is O=C1C[C@@H](Nc2ccc(F)c(F)c2)C(=O)N1CCc1ccccc1. The van der Waals surface area contributed by atoms with E-state index in [4.69, 9.17) is 0 Å². The van der Waals surface area contributed by atoms with Crippen molar-refractivity contribution in [2.24, 2.45) is 0 Å². The van der Waals surface area contributed by atoms with E-state index in [0.717, 1.165) is 17.7 Å². The quantitative estimate of drug-likeness (QED) is 0.858. The van der Waals surface area contributed by atoms with Gasteiger partial charge in [0.25, 0.3) is 5.91 Å². The maximum Gasteiger partial charge on any atom is 0.252 e. The average molecular weight is 330 g/mol. The Morgan fingerprint density at radius 2 is 1.79 bits per heavy atom. The first-order chi connectivity index (χ1) is 11.5. The highest BCUT2D eigenvalue weighted by Gasteiger charge is 2.38. The molecule has 0 radical (unpaired) electrons. The summed E-state index contributed by atoms with van der Waals surface area (Å²) in [6, 6.07) is 12.1. The van der Waals surface area contributed by atoms with Crippen LogP contribution in [0.4, 0.5) is 14.5 Å². The number of amides is 2. The molecule has 124 valence electrons. The van der Waals surface area contributed by atoms with E-state index in [1.807, 2.05) is 30.3 Å². The van der Waals surface area contributed by atoms with Crippen molar-refractivity contribution >= 4 is 17.5 Å². The minimum atomic E-state index is -1.00. The van der Waals surface area contributed by atoms with Gasteiger partial charge in [-0.25, -0.2) is 8.78 Å². The number of rotatable bonds is 5. The largest absolute Gasteiger partial charge is 0.373 e. The maximum atomic E-state index is 13.2. The molecular formula is C18H16F2N2O2. The molecule has 1 aliphatic heterocycles. The summed E-state index contributed by atoms with van der Waals surface area (Å²) in [6.45, 7) is 0.303. The molecule has 0 unspecified atom stereocenters. The smallest absolute Gasteiger partial charge is 0.252 e. The highest BCUT2D eigenvalue weighted by molar-refractivity contribution is 6.06. The molecule has 1 aliphatic rings. The molecule has 4 nitrogen and oxygen atoms in total. The van der Waals surface area contributed by atoms with Crippen molar-refractivity contribution < 1.29 is 18.4 Å². The van der Waals surface area contributed by atoms with E-state index < -0.39 is 17.7 Å². The van der Waals surface area contributed by atoms with Crippen LogP contribution >= 0.6 is 0 Å². The number of imide groups is 1. The van der Waals surface area contributed by atoms with Crippen molar-refractivity contribution in [1.29, 1.82) is 0 Å². The first-order valence-corrected chi connectivity index (χ1v) is 7.64. The van der Waals surface area contributed by atoms with Crippen LogP contribution < -0.4 is 5.32 Å². The molecule has 1 heterocycles. The van der Waals surface area contributed by atoms with Crippen LogP contribution in [0.15, 0.2) is 48.5 Å². The first-order valence-electron chi connectivity index (χ1n) is 7.64. The molecular weight excluding hydrogens is 314 g/mol. The van der Waals surface area contributed by atoms with Gasteiger partial charge in [0.2, 0.25) is 5.91 Å². The number of carbonyl (C=O) groups is 2. The van der Waals surface area contributed by atoms with Gasteiger partial charge in [0.15, 0.2) is 11.6 Å². The van der Waals surface area contributed by atoms with Crippen molar-refractivity contribution in [1.82, 2.24) is 4.90 Å². The molecule has 0 bridgehead atoms. The van der Waals surface area contributed by atoms with Gasteiger partial charge in [-0.05, 0) is 24.1 Å². The third kappa shape index (κ3) is 3.42. The number of nitrogens with zero attached hydrogens (tertiary/aromatic N) is 1. The summed E-state index contributed by atoms with van der Waals surface area (Å²) >= 11 is 0. The van der Waals surface area contributed by atoms with Gasteiger partial charge in [-0.1, -0.05) is 30.3 Å². The molecule has 1 N–H and O–H groups in total. The minimum absolute atomic E-state index is 0.00657. The van der Waals surface area contributed by atoms with E-state index in [1.165, 1.54) is 11.0 Å². The topological polar surface area (TPSA) is 49.4 Å². The number of likely N-dealkylation sites (tertiary alicyclic amines) is 1. The molecule has 3 rings (SSSR count). The van der Waals surface area contributed by atoms with E-state index in [0.29, 0.717) is 13.0 Å². The van der Waals surface area contributed by atoms with Gasteiger partial charge in [-0.3, -0.25) is 14.5 Å². The van der Waals surface area contributed by atoms with E-state index in [9.17, 15) is 18.4 Å². The number of benzene rings is 2. The van der Waals surface area contributed by atoms with E-state index in [1.54, 1.807) is 0 Å². The Morgan fingerprint density at radius 1 is 1.04 bits per heavy atom. The monoisotopic (exact) mass is 330 g/mol. The molecule has 0 aromatic heterocycles. The molecule has 1 saturated heterocycles. The van der Waals surface area contributed by atoms with Crippen LogP contribution in [0.1, 0.15) is 12.0 Å². The molecule has 2 amide bonds. The summed E-state index contributed by atoms with van der Waals surface area (Å²) in [6.07, 6.45) is 0.586. The van der Waals surface area contributed by atoms with Crippen LogP contribution in [0.2, 0.25) is 0 Å². The van der Waals surface area contributed by atoms with Gasteiger partial charge >= 0.3 is 0 Å². The number of anilines is 1. The number of hydrogen-bond acceptors (Lipinski definition) is 3. The average Bonchev–Trinajstić information content (AvgIpc) is 2.84. The lowest BCUT2D eigenvalue weighted by Gasteiger charge is -2.16. The number of halogens is 2. The van der Waals surface area contributed by atoms with Crippen molar-refractivity contribution in [3.05, 3.63) is 65.7 Å². The van der Waals surface area contributed by atoms with E-state index in [-0.39, 0.29) is 23.9 Å². The third-order valence-electron chi connectivity index (χ3n) is 3.97.